The van der Waals surface area contributed by atoms with Gasteiger partial charge in [0.05, 0.1) is 30.1 Å². The van der Waals surface area contributed by atoms with Crippen molar-refractivity contribution in [1.82, 2.24) is 0 Å². The van der Waals surface area contributed by atoms with E-state index in [0.717, 1.165) is 0 Å². The Balaban J connectivity index is 1.62. The number of carbonyl (C=O) groups excluding carboxylic acids is 4. The van der Waals surface area contributed by atoms with Crippen LogP contribution in [0, 0.1) is 28.6 Å². The molecule has 3 saturated carbocycles. The zero-order valence-corrected chi connectivity index (χ0v) is 26.1. The van der Waals surface area contributed by atoms with E-state index in [0.29, 0.717) is 30.4 Å². The molecule has 10 nitrogen and oxygen atoms in total. The summed E-state index contributed by atoms with van der Waals surface area (Å²) in [5.41, 5.74) is -5.23. The predicted molar refractivity (Wildman–Crippen MR) is 155 cm³/mol. The van der Waals surface area contributed by atoms with Crippen LogP contribution in [0.15, 0.2) is 41.5 Å². The Labute approximate surface area is 257 Å². The summed E-state index contributed by atoms with van der Waals surface area (Å²) in [6.45, 7) is 9.91. The van der Waals surface area contributed by atoms with Crippen molar-refractivity contribution >= 4 is 23.7 Å². The molecule has 44 heavy (non-hydrogen) atoms. The lowest BCUT2D eigenvalue weighted by Crippen LogP contribution is -2.80. The zero-order chi connectivity index (χ0) is 32.0. The van der Waals surface area contributed by atoms with Crippen LogP contribution in [-0.2, 0) is 33.3 Å². The van der Waals surface area contributed by atoms with Crippen LogP contribution < -0.4 is 0 Å². The fourth-order valence-corrected chi connectivity index (χ4v) is 8.57. The third-order valence-corrected chi connectivity index (χ3v) is 11.5. The Bertz CT molecular complexity index is 1430. The van der Waals surface area contributed by atoms with Crippen LogP contribution in [0.25, 0.3) is 0 Å². The highest BCUT2D eigenvalue weighted by atomic mass is 16.6. The van der Waals surface area contributed by atoms with Crippen LogP contribution in [0.4, 0.5) is 0 Å². The van der Waals surface area contributed by atoms with Gasteiger partial charge in [-0.2, -0.15) is 0 Å². The van der Waals surface area contributed by atoms with E-state index in [1.807, 2.05) is 6.92 Å². The van der Waals surface area contributed by atoms with Crippen molar-refractivity contribution in [3.63, 3.8) is 0 Å². The molecule has 1 aromatic carbocycles. The molecule has 1 saturated heterocycles. The predicted octanol–water partition coefficient (Wildman–Crippen LogP) is 3.32. The van der Waals surface area contributed by atoms with E-state index in [1.54, 1.807) is 58.0 Å². The highest BCUT2D eigenvalue weighted by Crippen LogP contribution is 2.65. The molecule has 0 amide bonds. The zero-order valence-electron chi connectivity index (χ0n) is 26.1. The summed E-state index contributed by atoms with van der Waals surface area (Å²) in [5.74, 6) is -4.14. The topological polar surface area (TPSA) is 146 Å². The normalized spacial score (nSPS) is 40.8. The van der Waals surface area contributed by atoms with Crippen molar-refractivity contribution in [2.75, 3.05) is 6.61 Å². The van der Waals surface area contributed by atoms with Crippen LogP contribution in [0.1, 0.15) is 77.6 Å². The summed E-state index contributed by atoms with van der Waals surface area (Å²) < 4.78 is 24.5. The number of hydrogen-bond acceptors (Lipinski definition) is 10. The van der Waals surface area contributed by atoms with Crippen molar-refractivity contribution in [1.29, 1.82) is 0 Å². The molecule has 10 heteroatoms. The highest BCUT2D eigenvalue weighted by Gasteiger charge is 2.77. The second-order valence-corrected chi connectivity index (χ2v) is 14.3. The number of benzene rings is 1. The SMILES string of the molecule is CC(=O)O[C@@]12CO[C@@H]1C[C@H](C)[C@@]1(C)C(=O)[C@H](OC(=O)C3CC3)C3=C(C)[C@@H](O)C[C@@](O)(C(OC(=O)c4ccccc4)C12)C3(C)C. The lowest BCUT2D eigenvalue weighted by atomic mass is 9.43. The molecule has 0 aromatic heterocycles. The van der Waals surface area contributed by atoms with Crippen molar-refractivity contribution in [3.05, 3.63) is 47.0 Å². The van der Waals surface area contributed by atoms with Gasteiger partial charge in [0.1, 0.15) is 17.8 Å². The van der Waals surface area contributed by atoms with Gasteiger partial charge in [0.25, 0.3) is 0 Å². The second-order valence-electron chi connectivity index (χ2n) is 14.3. The number of Topliss-reactive ketones (excluding diaryl/α,β-unsaturated/α-hetero) is 1. The first-order valence-electron chi connectivity index (χ1n) is 15.5. The first-order chi connectivity index (χ1) is 20.6. The molecule has 4 fully saturated rings. The summed E-state index contributed by atoms with van der Waals surface area (Å²) in [5, 5.41) is 24.5. The number of ether oxygens (including phenoxy) is 4. The van der Waals surface area contributed by atoms with E-state index in [4.69, 9.17) is 18.9 Å². The van der Waals surface area contributed by atoms with E-state index in [2.05, 4.69) is 0 Å². The lowest BCUT2D eigenvalue weighted by molar-refractivity contribution is -0.340. The van der Waals surface area contributed by atoms with E-state index in [9.17, 15) is 24.6 Å². The number of rotatable bonds is 5. The minimum Gasteiger partial charge on any atom is -0.455 e. The van der Waals surface area contributed by atoms with Gasteiger partial charge >= 0.3 is 17.9 Å². The maximum absolute atomic E-state index is 15.2. The fraction of sp³-hybridized carbons (Fsp3) is 0.647. The Kier molecular flexibility index (Phi) is 7.18. The number of carbonyl (C=O) groups is 4. The Hall–Kier alpha value is -3.08. The van der Waals surface area contributed by atoms with Crippen molar-refractivity contribution in [3.8, 4) is 0 Å². The first-order valence-corrected chi connectivity index (χ1v) is 15.5. The van der Waals surface area contributed by atoms with Gasteiger partial charge in [-0.1, -0.05) is 45.9 Å². The lowest BCUT2D eigenvalue weighted by Gasteiger charge is -2.68. The fourth-order valence-electron chi connectivity index (χ4n) is 8.57. The molecular formula is C34H42O10. The van der Waals surface area contributed by atoms with Gasteiger partial charge < -0.3 is 29.2 Å². The average Bonchev–Trinajstić information content (AvgIpc) is 3.81. The molecule has 6 rings (SSSR count). The smallest absolute Gasteiger partial charge is 0.338 e. The highest BCUT2D eigenvalue weighted by molar-refractivity contribution is 5.95. The Morgan fingerprint density at radius 3 is 2.27 bits per heavy atom. The van der Waals surface area contributed by atoms with E-state index < -0.39 is 82.0 Å². The summed E-state index contributed by atoms with van der Waals surface area (Å²) in [4.78, 5) is 55.0. The molecule has 1 aliphatic heterocycles. The summed E-state index contributed by atoms with van der Waals surface area (Å²) in [7, 11) is 0. The second kappa shape index (κ2) is 10.2. The molecule has 2 N–H and O–H groups in total. The molecule has 1 heterocycles. The molecule has 0 spiro atoms. The standard InChI is InChI=1S/C34H42O10/c1-17-14-23-33(16-41-23,44-19(3)35)26-28(43-30(39)20-10-8-7-9-11-20)34(40)15-22(36)18(2)24(31(34,4)5)25(27(37)32(17,26)6)42-29(38)21-12-13-21/h7-11,17,21-23,25-26,28,36,40H,12-16H2,1-6H3/t17-,22-,23+,25+,26?,28?,32+,33-,34+/m0/s1. The molecule has 4 aliphatic carbocycles. The van der Waals surface area contributed by atoms with Crippen LogP contribution >= 0.6 is 0 Å². The van der Waals surface area contributed by atoms with E-state index in [-0.39, 0.29) is 24.5 Å². The van der Waals surface area contributed by atoms with Crippen LogP contribution in [0.3, 0.4) is 0 Å². The van der Waals surface area contributed by atoms with Gasteiger partial charge in [-0.3, -0.25) is 14.4 Å². The van der Waals surface area contributed by atoms with Gasteiger partial charge in [0, 0.05) is 24.2 Å². The molecule has 2 unspecified atom stereocenters. The van der Waals surface area contributed by atoms with Crippen LogP contribution in [0.2, 0.25) is 0 Å². The molecule has 0 radical (unpaired) electrons. The number of fused-ring (bicyclic) bond motifs is 5. The van der Waals surface area contributed by atoms with Gasteiger partial charge in [-0.15, -0.1) is 0 Å². The number of esters is 3. The van der Waals surface area contributed by atoms with Crippen LogP contribution in [-0.4, -0.2) is 76.1 Å². The van der Waals surface area contributed by atoms with Crippen LogP contribution in [0.5, 0.6) is 0 Å². The van der Waals surface area contributed by atoms with Crippen molar-refractivity contribution in [2.24, 2.45) is 28.6 Å². The Morgan fingerprint density at radius 1 is 1.05 bits per heavy atom. The Morgan fingerprint density at radius 2 is 1.70 bits per heavy atom. The monoisotopic (exact) mass is 610 g/mol. The molecule has 1 aromatic rings. The molecule has 9 atom stereocenters. The maximum atomic E-state index is 15.2. The summed E-state index contributed by atoms with van der Waals surface area (Å²) in [6.07, 6.45) is -3.28. The summed E-state index contributed by atoms with van der Waals surface area (Å²) in [6, 6.07) is 8.31. The van der Waals surface area contributed by atoms with E-state index >= 15 is 4.79 Å². The quantitative estimate of drug-likeness (QED) is 0.289. The van der Waals surface area contributed by atoms with Gasteiger partial charge in [0.2, 0.25) is 0 Å². The first kappa shape index (κ1) is 30.9. The number of hydrogen-bond donors (Lipinski definition) is 2. The largest absolute Gasteiger partial charge is 0.455 e. The number of ketones is 1. The maximum Gasteiger partial charge on any atom is 0.338 e. The molecular weight excluding hydrogens is 568 g/mol. The molecule has 2 bridgehead atoms. The van der Waals surface area contributed by atoms with Gasteiger partial charge in [0.15, 0.2) is 17.5 Å². The number of aliphatic hydroxyl groups is 2. The number of aliphatic hydroxyl groups excluding tert-OH is 1. The van der Waals surface area contributed by atoms with Gasteiger partial charge in [-0.25, -0.2) is 4.79 Å². The average molecular weight is 611 g/mol. The van der Waals surface area contributed by atoms with Crippen molar-refractivity contribution in [2.45, 2.75) is 103 Å². The minimum atomic E-state index is -1.99. The van der Waals surface area contributed by atoms with Gasteiger partial charge in [-0.05, 0) is 55.4 Å². The van der Waals surface area contributed by atoms with E-state index in [1.165, 1.54) is 6.92 Å². The van der Waals surface area contributed by atoms with Crippen molar-refractivity contribution < 1.29 is 48.3 Å². The third kappa shape index (κ3) is 4.24. The molecule has 5 aliphatic rings. The third-order valence-electron chi connectivity index (χ3n) is 11.5. The minimum absolute atomic E-state index is 0.0792. The molecule has 238 valence electrons. The summed E-state index contributed by atoms with van der Waals surface area (Å²) >= 11 is 0.